The van der Waals surface area contributed by atoms with Crippen LogP contribution in [0, 0.1) is 6.92 Å². The first-order valence-electron chi connectivity index (χ1n) is 4.95. The Bertz CT molecular complexity index is 524. The lowest BCUT2D eigenvalue weighted by Crippen LogP contribution is -2.32. The van der Waals surface area contributed by atoms with Crippen molar-refractivity contribution in [3.63, 3.8) is 0 Å². The summed E-state index contributed by atoms with van der Waals surface area (Å²) in [5.74, 6) is -1.24. The summed E-state index contributed by atoms with van der Waals surface area (Å²) in [6.07, 6.45) is 0.414. The van der Waals surface area contributed by atoms with E-state index in [1.807, 2.05) is 6.92 Å². The molecule has 0 aliphatic heterocycles. The van der Waals surface area contributed by atoms with Crippen molar-refractivity contribution < 1.29 is 18.3 Å². The first-order chi connectivity index (χ1) is 7.40. The van der Waals surface area contributed by atoms with Crippen LogP contribution in [0.3, 0.4) is 0 Å². The van der Waals surface area contributed by atoms with E-state index in [9.17, 15) is 13.2 Å². The monoisotopic (exact) mass is 240 g/mol. The Morgan fingerprint density at radius 3 is 2.12 bits per heavy atom. The first-order valence-corrected chi connectivity index (χ1v) is 6.43. The number of aryl methyl sites for hydroxylation is 1. The molecule has 1 aliphatic carbocycles. The predicted molar refractivity (Wildman–Crippen MR) is 58.0 cm³/mol. The zero-order chi connectivity index (χ0) is 12.0. The van der Waals surface area contributed by atoms with E-state index >= 15 is 0 Å². The maximum atomic E-state index is 12.1. The van der Waals surface area contributed by atoms with Crippen LogP contribution in [0.5, 0.6) is 0 Å². The molecule has 1 fully saturated rings. The van der Waals surface area contributed by atoms with E-state index in [1.165, 1.54) is 12.1 Å². The molecular formula is C11H12O4S. The molecule has 0 bridgehead atoms. The van der Waals surface area contributed by atoms with E-state index in [0.717, 1.165) is 5.56 Å². The third-order valence-electron chi connectivity index (χ3n) is 2.94. The molecule has 0 saturated heterocycles. The Labute approximate surface area is 93.8 Å². The molecule has 0 spiro atoms. The second kappa shape index (κ2) is 3.31. The molecule has 4 nitrogen and oxygen atoms in total. The molecule has 1 aliphatic rings. The minimum absolute atomic E-state index is 0.0954. The Kier molecular flexibility index (Phi) is 2.31. The van der Waals surface area contributed by atoms with Crippen molar-refractivity contribution in [1.82, 2.24) is 0 Å². The van der Waals surface area contributed by atoms with Crippen molar-refractivity contribution in [2.24, 2.45) is 0 Å². The number of benzene rings is 1. The quantitative estimate of drug-likeness (QED) is 0.866. The van der Waals surface area contributed by atoms with Crippen LogP contribution in [0.4, 0.5) is 0 Å². The minimum atomic E-state index is -3.74. The topological polar surface area (TPSA) is 71.4 Å². The number of carbonyl (C=O) groups is 1. The summed E-state index contributed by atoms with van der Waals surface area (Å²) in [6, 6.07) is 6.27. The summed E-state index contributed by atoms with van der Waals surface area (Å²) < 4.78 is 22.6. The van der Waals surface area contributed by atoms with Crippen LogP contribution < -0.4 is 0 Å². The second-order valence-electron chi connectivity index (χ2n) is 4.12. The molecule has 0 amide bonds. The molecule has 86 valence electrons. The summed E-state index contributed by atoms with van der Waals surface area (Å²) in [5, 5.41) is 8.98. The lowest BCUT2D eigenvalue weighted by atomic mass is 10.2. The van der Waals surface area contributed by atoms with Crippen molar-refractivity contribution in [3.8, 4) is 0 Å². The van der Waals surface area contributed by atoms with Gasteiger partial charge in [-0.15, -0.1) is 0 Å². The van der Waals surface area contributed by atoms with Gasteiger partial charge in [0.2, 0.25) is 0 Å². The fraction of sp³-hybridized carbons (Fsp3) is 0.364. The highest BCUT2D eigenvalue weighted by molar-refractivity contribution is 7.94. The van der Waals surface area contributed by atoms with E-state index in [2.05, 4.69) is 0 Å². The highest BCUT2D eigenvalue weighted by Gasteiger charge is 2.61. The number of aliphatic carboxylic acids is 1. The fourth-order valence-electron chi connectivity index (χ4n) is 1.65. The lowest BCUT2D eigenvalue weighted by molar-refractivity contribution is -0.137. The van der Waals surface area contributed by atoms with E-state index in [4.69, 9.17) is 5.11 Å². The molecule has 0 aromatic heterocycles. The molecule has 0 unspecified atom stereocenters. The zero-order valence-corrected chi connectivity index (χ0v) is 9.62. The maximum Gasteiger partial charge on any atom is 0.325 e. The van der Waals surface area contributed by atoms with Gasteiger partial charge in [-0.1, -0.05) is 17.7 Å². The normalized spacial score (nSPS) is 18.1. The van der Waals surface area contributed by atoms with Gasteiger partial charge in [-0.25, -0.2) is 8.42 Å². The number of sulfone groups is 1. The summed E-state index contributed by atoms with van der Waals surface area (Å²) >= 11 is 0. The molecule has 1 aromatic rings. The molecule has 0 radical (unpaired) electrons. The molecule has 2 rings (SSSR count). The van der Waals surface area contributed by atoms with Gasteiger partial charge in [0.25, 0.3) is 0 Å². The summed E-state index contributed by atoms with van der Waals surface area (Å²) in [6.45, 7) is 1.85. The average molecular weight is 240 g/mol. The molecule has 1 saturated carbocycles. The fourth-order valence-corrected chi connectivity index (χ4v) is 3.47. The van der Waals surface area contributed by atoms with Gasteiger partial charge in [0, 0.05) is 0 Å². The largest absolute Gasteiger partial charge is 0.480 e. The third kappa shape index (κ3) is 1.43. The van der Waals surface area contributed by atoms with Crippen molar-refractivity contribution in [2.45, 2.75) is 29.4 Å². The van der Waals surface area contributed by atoms with Crippen LogP contribution in [0.2, 0.25) is 0 Å². The number of carboxylic acids is 1. The summed E-state index contributed by atoms with van der Waals surface area (Å²) in [4.78, 5) is 11.1. The van der Waals surface area contributed by atoms with Gasteiger partial charge in [-0.2, -0.15) is 0 Å². The Morgan fingerprint density at radius 1 is 1.25 bits per heavy atom. The van der Waals surface area contributed by atoms with Gasteiger partial charge in [0.05, 0.1) is 4.90 Å². The van der Waals surface area contributed by atoms with Gasteiger partial charge >= 0.3 is 5.97 Å². The van der Waals surface area contributed by atoms with Crippen LogP contribution in [-0.4, -0.2) is 24.2 Å². The number of hydrogen-bond acceptors (Lipinski definition) is 3. The van der Waals surface area contributed by atoms with Crippen LogP contribution in [-0.2, 0) is 14.6 Å². The van der Waals surface area contributed by atoms with Crippen LogP contribution in [0.1, 0.15) is 18.4 Å². The van der Waals surface area contributed by atoms with Crippen LogP contribution in [0.25, 0.3) is 0 Å². The Hall–Kier alpha value is -1.36. The smallest absolute Gasteiger partial charge is 0.325 e. The molecular weight excluding hydrogens is 228 g/mol. The summed E-state index contributed by atoms with van der Waals surface area (Å²) in [5.41, 5.74) is 0.944. The Morgan fingerprint density at radius 2 is 1.75 bits per heavy atom. The SMILES string of the molecule is Cc1ccc(S(=O)(=O)C2(C(=O)O)CC2)cc1. The van der Waals surface area contributed by atoms with E-state index in [-0.39, 0.29) is 17.7 Å². The Balaban J connectivity index is 2.48. The average Bonchev–Trinajstić information content (AvgIpc) is 2.98. The number of carboxylic acid groups (broad SMARTS) is 1. The second-order valence-corrected chi connectivity index (χ2v) is 6.38. The zero-order valence-electron chi connectivity index (χ0n) is 8.80. The molecule has 5 heteroatoms. The summed E-state index contributed by atoms with van der Waals surface area (Å²) in [7, 11) is -3.74. The van der Waals surface area contributed by atoms with Gasteiger partial charge in [-0.05, 0) is 31.9 Å². The minimum Gasteiger partial charge on any atom is -0.480 e. The van der Waals surface area contributed by atoms with Gasteiger partial charge < -0.3 is 5.11 Å². The molecule has 1 aromatic carbocycles. The van der Waals surface area contributed by atoms with E-state index in [1.54, 1.807) is 12.1 Å². The van der Waals surface area contributed by atoms with Gasteiger partial charge in [-0.3, -0.25) is 4.79 Å². The maximum absolute atomic E-state index is 12.1. The van der Waals surface area contributed by atoms with Crippen molar-refractivity contribution in [3.05, 3.63) is 29.8 Å². The van der Waals surface area contributed by atoms with Crippen molar-refractivity contribution in [2.75, 3.05) is 0 Å². The van der Waals surface area contributed by atoms with Gasteiger partial charge in [0.15, 0.2) is 14.6 Å². The standard InChI is InChI=1S/C11H12O4S/c1-8-2-4-9(5-3-8)16(14,15)11(6-7-11)10(12)13/h2-5H,6-7H2,1H3,(H,12,13). The van der Waals surface area contributed by atoms with Crippen LogP contribution in [0.15, 0.2) is 29.2 Å². The van der Waals surface area contributed by atoms with Crippen molar-refractivity contribution in [1.29, 1.82) is 0 Å². The lowest BCUT2D eigenvalue weighted by Gasteiger charge is -2.11. The molecule has 16 heavy (non-hydrogen) atoms. The highest BCUT2D eigenvalue weighted by atomic mass is 32.2. The molecule has 1 N–H and O–H groups in total. The van der Waals surface area contributed by atoms with Gasteiger partial charge in [0.1, 0.15) is 0 Å². The molecule has 0 heterocycles. The highest BCUT2D eigenvalue weighted by Crippen LogP contribution is 2.46. The molecule has 0 atom stereocenters. The van der Waals surface area contributed by atoms with E-state index < -0.39 is 20.6 Å². The third-order valence-corrected chi connectivity index (χ3v) is 5.44. The van der Waals surface area contributed by atoms with Crippen LogP contribution >= 0.6 is 0 Å². The predicted octanol–water partition coefficient (Wildman–Crippen LogP) is 1.39. The van der Waals surface area contributed by atoms with E-state index in [0.29, 0.717) is 0 Å². The first kappa shape index (κ1) is 11.1. The number of rotatable bonds is 3. The van der Waals surface area contributed by atoms with Crippen molar-refractivity contribution >= 4 is 15.8 Å². The number of hydrogen-bond donors (Lipinski definition) is 1.